The topological polar surface area (TPSA) is 56.2 Å². The van der Waals surface area contributed by atoms with Crippen molar-refractivity contribution in [3.8, 4) is 0 Å². The maximum atomic E-state index is 11.7. The molecule has 15 heavy (non-hydrogen) atoms. The lowest BCUT2D eigenvalue weighted by molar-refractivity contribution is 0.0926. The van der Waals surface area contributed by atoms with E-state index >= 15 is 0 Å². The third-order valence-electron chi connectivity index (χ3n) is 2.03. The van der Waals surface area contributed by atoms with Gasteiger partial charge in [0.25, 0.3) is 5.91 Å². The minimum atomic E-state index is -0.102. The van der Waals surface area contributed by atoms with Crippen LogP contribution in [0.4, 0.5) is 0 Å². The van der Waals surface area contributed by atoms with Gasteiger partial charge in [0, 0.05) is 20.2 Å². The monoisotopic (exact) mass is 211 g/mol. The Morgan fingerprint density at radius 3 is 3.00 bits per heavy atom. The van der Waals surface area contributed by atoms with Crippen LogP contribution in [-0.2, 0) is 11.3 Å². The van der Waals surface area contributed by atoms with Crippen molar-refractivity contribution in [2.75, 3.05) is 20.3 Å². The normalized spacial score (nSPS) is 10.3. The SMILES string of the molecule is CCn1nc(C)cc1C(=O)NCCOC. The Balaban J connectivity index is 2.64. The second-order valence-corrected chi connectivity index (χ2v) is 3.24. The molecule has 0 spiro atoms. The van der Waals surface area contributed by atoms with E-state index < -0.39 is 0 Å². The smallest absolute Gasteiger partial charge is 0.269 e. The highest BCUT2D eigenvalue weighted by Gasteiger charge is 2.11. The van der Waals surface area contributed by atoms with Gasteiger partial charge in [-0.25, -0.2) is 0 Å². The van der Waals surface area contributed by atoms with Crippen molar-refractivity contribution >= 4 is 5.91 Å². The number of hydrogen-bond donors (Lipinski definition) is 1. The first-order chi connectivity index (χ1) is 7.19. The lowest BCUT2D eigenvalue weighted by Gasteiger charge is -2.05. The van der Waals surface area contributed by atoms with Gasteiger partial charge in [0.05, 0.1) is 12.3 Å². The highest BCUT2D eigenvalue weighted by molar-refractivity contribution is 5.92. The van der Waals surface area contributed by atoms with Gasteiger partial charge in [0.2, 0.25) is 0 Å². The summed E-state index contributed by atoms with van der Waals surface area (Å²) < 4.78 is 6.54. The molecule has 0 aliphatic heterocycles. The first-order valence-electron chi connectivity index (χ1n) is 5.00. The number of carbonyl (C=O) groups excluding carboxylic acids is 1. The Kier molecular flexibility index (Phi) is 4.30. The maximum Gasteiger partial charge on any atom is 0.269 e. The molecule has 1 amide bonds. The maximum absolute atomic E-state index is 11.7. The zero-order chi connectivity index (χ0) is 11.3. The third kappa shape index (κ3) is 3.06. The van der Waals surface area contributed by atoms with Gasteiger partial charge in [-0.2, -0.15) is 5.10 Å². The fraction of sp³-hybridized carbons (Fsp3) is 0.600. The van der Waals surface area contributed by atoms with Crippen LogP contribution in [0.1, 0.15) is 23.1 Å². The van der Waals surface area contributed by atoms with E-state index in [9.17, 15) is 4.79 Å². The van der Waals surface area contributed by atoms with Crippen LogP contribution < -0.4 is 5.32 Å². The highest BCUT2D eigenvalue weighted by Crippen LogP contribution is 2.03. The van der Waals surface area contributed by atoms with Crippen LogP contribution in [0.25, 0.3) is 0 Å². The molecule has 0 bridgehead atoms. The Labute approximate surface area is 89.4 Å². The van der Waals surface area contributed by atoms with Gasteiger partial charge in [-0.05, 0) is 19.9 Å². The molecule has 1 N–H and O–H groups in total. The van der Waals surface area contributed by atoms with E-state index in [4.69, 9.17) is 4.74 Å². The van der Waals surface area contributed by atoms with Crippen molar-refractivity contribution in [1.82, 2.24) is 15.1 Å². The Morgan fingerprint density at radius 1 is 1.67 bits per heavy atom. The summed E-state index contributed by atoms with van der Waals surface area (Å²) in [5.41, 5.74) is 1.46. The van der Waals surface area contributed by atoms with Crippen molar-refractivity contribution in [1.29, 1.82) is 0 Å². The molecule has 0 radical (unpaired) electrons. The molecular formula is C10H17N3O2. The van der Waals surface area contributed by atoms with E-state index in [1.807, 2.05) is 13.8 Å². The van der Waals surface area contributed by atoms with Gasteiger partial charge in [-0.15, -0.1) is 0 Å². The summed E-state index contributed by atoms with van der Waals surface area (Å²) in [7, 11) is 1.60. The van der Waals surface area contributed by atoms with Crippen LogP contribution in [0.15, 0.2) is 6.07 Å². The van der Waals surface area contributed by atoms with E-state index in [0.717, 1.165) is 5.69 Å². The van der Waals surface area contributed by atoms with E-state index in [-0.39, 0.29) is 5.91 Å². The second kappa shape index (κ2) is 5.50. The number of hydrogen-bond acceptors (Lipinski definition) is 3. The standard InChI is InChI=1S/C10H17N3O2/c1-4-13-9(7-8(2)12-13)10(14)11-5-6-15-3/h7H,4-6H2,1-3H3,(H,11,14). The zero-order valence-corrected chi connectivity index (χ0v) is 9.41. The highest BCUT2D eigenvalue weighted by atomic mass is 16.5. The van der Waals surface area contributed by atoms with Crippen molar-refractivity contribution in [2.24, 2.45) is 0 Å². The molecule has 0 aliphatic rings. The van der Waals surface area contributed by atoms with Gasteiger partial charge in [-0.3, -0.25) is 9.48 Å². The Morgan fingerprint density at radius 2 is 2.40 bits per heavy atom. The first kappa shape index (κ1) is 11.7. The van der Waals surface area contributed by atoms with Crippen LogP contribution >= 0.6 is 0 Å². The number of nitrogens with one attached hydrogen (secondary N) is 1. The summed E-state index contributed by atoms with van der Waals surface area (Å²) in [6.45, 7) is 5.56. The molecule has 0 aromatic carbocycles. The summed E-state index contributed by atoms with van der Waals surface area (Å²) in [6, 6.07) is 1.78. The summed E-state index contributed by atoms with van der Waals surface area (Å²) in [6.07, 6.45) is 0. The molecule has 0 unspecified atom stereocenters. The largest absolute Gasteiger partial charge is 0.383 e. The van der Waals surface area contributed by atoms with E-state index in [0.29, 0.717) is 25.4 Å². The van der Waals surface area contributed by atoms with Crippen LogP contribution in [0.3, 0.4) is 0 Å². The van der Waals surface area contributed by atoms with Gasteiger partial charge in [-0.1, -0.05) is 0 Å². The molecule has 1 heterocycles. The average Bonchev–Trinajstić information content (AvgIpc) is 2.60. The van der Waals surface area contributed by atoms with Gasteiger partial charge >= 0.3 is 0 Å². The number of methoxy groups -OCH3 is 1. The molecule has 1 aromatic heterocycles. The lowest BCUT2D eigenvalue weighted by atomic mass is 10.3. The van der Waals surface area contributed by atoms with Crippen molar-refractivity contribution in [3.63, 3.8) is 0 Å². The summed E-state index contributed by atoms with van der Waals surface area (Å²) in [5.74, 6) is -0.102. The summed E-state index contributed by atoms with van der Waals surface area (Å²) in [4.78, 5) is 11.7. The van der Waals surface area contributed by atoms with E-state index in [1.165, 1.54) is 0 Å². The average molecular weight is 211 g/mol. The quantitative estimate of drug-likeness (QED) is 0.725. The van der Waals surface area contributed by atoms with E-state index in [2.05, 4.69) is 10.4 Å². The minimum absolute atomic E-state index is 0.102. The number of ether oxygens (including phenoxy) is 1. The van der Waals surface area contributed by atoms with Crippen molar-refractivity contribution in [2.45, 2.75) is 20.4 Å². The molecule has 1 aromatic rings. The molecule has 0 saturated carbocycles. The summed E-state index contributed by atoms with van der Waals surface area (Å²) >= 11 is 0. The van der Waals surface area contributed by atoms with Crippen molar-refractivity contribution in [3.05, 3.63) is 17.5 Å². The second-order valence-electron chi connectivity index (χ2n) is 3.24. The predicted octanol–water partition coefficient (Wildman–Crippen LogP) is 0.588. The third-order valence-corrected chi connectivity index (χ3v) is 2.03. The first-order valence-corrected chi connectivity index (χ1v) is 5.00. The number of nitrogens with zero attached hydrogens (tertiary/aromatic N) is 2. The zero-order valence-electron chi connectivity index (χ0n) is 9.41. The fourth-order valence-corrected chi connectivity index (χ4v) is 1.33. The summed E-state index contributed by atoms with van der Waals surface area (Å²) in [5, 5.41) is 6.97. The predicted molar refractivity (Wildman–Crippen MR) is 56.8 cm³/mol. The number of amides is 1. The van der Waals surface area contributed by atoms with Crippen LogP contribution in [0, 0.1) is 6.92 Å². The Bertz CT molecular complexity index is 333. The fourth-order valence-electron chi connectivity index (χ4n) is 1.33. The number of carbonyl (C=O) groups is 1. The van der Waals surface area contributed by atoms with Crippen LogP contribution in [0.5, 0.6) is 0 Å². The molecule has 0 atom stereocenters. The number of aromatic nitrogens is 2. The Hall–Kier alpha value is -1.36. The molecule has 1 rings (SSSR count). The minimum Gasteiger partial charge on any atom is -0.383 e. The molecule has 0 saturated heterocycles. The van der Waals surface area contributed by atoms with Gasteiger partial charge in [0.1, 0.15) is 5.69 Å². The molecule has 0 aliphatic carbocycles. The number of rotatable bonds is 5. The molecule has 0 fully saturated rings. The van der Waals surface area contributed by atoms with Gasteiger partial charge < -0.3 is 10.1 Å². The lowest BCUT2D eigenvalue weighted by Crippen LogP contribution is -2.29. The van der Waals surface area contributed by atoms with E-state index in [1.54, 1.807) is 17.9 Å². The van der Waals surface area contributed by atoms with Crippen LogP contribution in [-0.4, -0.2) is 35.9 Å². The van der Waals surface area contributed by atoms with Crippen molar-refractivity contribution < 1.29 is 9.53 Å². The molecule has 84 valence electrons. The molecule has 5 nitrogen and oxygen atoms in total. The van der Waals surface area contributed by atoms with Gasteiger partial charge in [0.15, 0.2) is 0 Å². The molecule has 5 heteroatoms. The van der Waals surface area contributed by atoms with Crippen LogP contribution in [0.2, 0.25) is 0 Å². The molecular weight excluding hydrogens is 194 g/mol. The number of aryl methyl sites for hydroxylation is 2.